The largest absolute Gasteiger partial charge is 0.480 e. The lowest BCUT2D eigenvalue weighted by atomic mass is 10.1. The highest BCUT2D eigenvalue weighted by molar-refractivity contribution is 7.87. The summed E-state index contributed by atoms with van der Waals surface area (Å²) in [7, 11) is -4.02. The molecule has 2 aromatic carbocycles. The number of hydrogen-bond acceptors (Lipinski definition) is 4. The Bertz CT molecular complexity index is 1050. The molecule has 2 aromatic rings. The van der Waals surface area contributed by atoms with E-state index in [1.165, 1.54) is 16.4 Å². The maximum Gasteiger partial charge on any atom is 0.325 e. The minimum Gasteiger partial charge on any atom is -0.480 e. The molecule has 166 valence electrons. The summed E-state index contributed by atoms with van der Waals surface area (Å²) in [6, 6.07) is 15.2. The van der Waals surface area contributed by atoms with Crippen molar-refractivity contribution >= 4 is 21.9 Å². The first-order valence-electron chi connectivity index (χ1n) is 10.3. The SMILES string of the molecule is C[C@@H]1[C@H](c2ccccc2)[C@]1(NS(=O)(=O)N1CCCN(c2ccc(F)cc2)CC1)C(=O)O. The number of nitrogens with one attached hydrogen (secondary N) is 1. The summed E-state index contributed by atoms with van der Waals surface area (Å²) < 4.78 is 43.4. The fourth-order valence-corrected chi connectivity index (χ4v) is 6.27. The third-order valence-electron chi connectivity index (χ3n) is 6.40. The number of hydrogen-bond donors (Lipinski definition) is 2. The van der Waals surface area contributed by atoms with Crippen molar-refractivity contribution in [1.29, 1.82) is 0 Å². The highest BCUT2D eigenvalue weighted by Crippen LogP contribution is 2.57. The van der Waals surface area contributed by atoms with Crippen molar-refractivity contribution in [3.63, 3.8) is 0 Å². The average molecular weight is 448 g/mol. The van der Waals surface area contributed by atoms with Gasteiger partial charge in [-0.05, 0) is 42.2 Å². The van der Waals surface area contributed by atoms with Gasteiger partial charge >= 0.3 is 5.97 Å². The first-order chi connectivity index (χ1) is 14.8. The van der Waals surface area contributed by atoms with Gasteiger partial charge in [-0.25, -0.2) is 4.39 Å². The molecule has 1 saturated heterocycles. The second-order valence-corrected chi connectivity index (χ2v) is 9.85. The number of carbonyl (C=O) groups is 1. The van der Waals surface area contributed by atoms with Crippen LogP contribution in [0.1, 0.15) is 24.8 Å². The van der Waals surface area contributed by atoms with Crippen LogP contribution in [0.5, 0.6) is 0 Å². The van der Waals surface area contributed by atoms with Crippen molar-refractivity contribution < 1.29 is 22.7 Å². The highest BCUT2D eigenvalue weighted by Gasteiger charge is 2.70. The van der Waals surface area contributed by atoms with Crippen LogP contribution >= 0.6 is 0 Å². The molecule has 1 saturated carbocycles. The number of benzene rings is 2. The van der Waals surface area contributed by atoms with Gasteiger partial charge in [-0.3, -0.25) is 4.79 Å². The van der Waals surface area contributed by atoms with Crippen LogP contribution in [0, 0.1) is 11.7 Å². The van der Waals surface area contributed by atoms with Gasteiger partial charge in [0, 0.05) is 37.8 Å². The predicted molar refractivity (Wildman–Crippen MR) is 116 cm³/mol. The molecule has 0 bridgehead atoms. The quantitative estimate of drug-likeness (QED) is 0.710. The monoisotopic (exact) mass is 447 g/mol. The molecule has 9 heteroatoms. The van der Waals surface area contributed by atoms with Gasteiger partial charge in [0.05, 0.1) is 0 Å². The van der Waals surface area contributed by atoms with Gasteiger partial charge in [-0.2, -0.15) is 17.4 Å². The predicted octanol–water partition coefficient (Wildman–Crippen LogP) is 2.43. The molecule has 7 nitrogen and oxygen atoms in total. The van der Waals surface area contributed by atoms with Gasteiger partial charge in [-0.15, -0.1) is 0 Å². The molecular weight excluding hydrogens is 421 g/mol. The third-order valence-corrected chi connectivity index (χ3v) is 8.04. The van der Waals surface area contributed by atoms with Crippen LogP contribution in [0.3, 0.4) is 0 Å². The van der Waals surface area contributed by atoms with Crippen LogP contribution in [-0.2, 0) is 15.0 Å². The Hall–Kier alpha value is -2.49. The van der Waals surface area contributed by atoms with Crippen LogP contribution in [-0.4, -0.2) is 55.5 Å². The Labute approximate surface area is 181 Å². The minimum atomic E-state index is -4.02. The maximum absolute atomic E-state index is 13.2. The number of aliphatic carboxylic acids is 1. The summed E-state index contributed by atoms with van der Waals surface area (Å²) in [5.74, 6) is -2.29. The van der Waals surface area contributed by atoms with Gasteiger partial charge < -0.3 is 10.0 Å². The van der Waals surface area contributed by atoms with Crippen molar-refractivity contribution in [2.45, 2.75) is 24.8 Å². The standard InChI is InChI=1S/C22H26FN3O4S/c1-16-20(17-6-3-2-4-7-17)22(16,21(27)28)24-31(29,30)26-13-5-12-25(14-15-26)19-10-8-18(23)9-11-19/h2-4,6-11,16,20,24H,5,12-15H2,1H3,(H,27,28)/t16-,20-,22+/m1/s1. The first-order valence-corrected chi connectivity index (χ1v) is 11.8. The van der Waals surface area contributed by atoms with Crippen molar-refractivity contribution in [2.24, 2.45) is 5.92 Å². The average Bonchev–Trinajstić information content (AvgIpc) is 3.41. The molecule has 4 rings (SSSR count). The zero-order valence-corrected chi connectivity index (χ0v) is 18.1. The Kier molecular flexibility index (Phi) is 5.76. The molecule has 2 fully saturated rings. The molecular formula is C22H26FN3O4S. The van der Waals surface area contributed by atoms with Crippen LogP contribution in [0.4, 0.5) is 10.1 Å². The van der Waals surface area contributed by atoms with E-state index in [1.807, 2.05) is 35.2 Å². The van der Waals surface area contributed by atoms with Crippen molar-refractivity contribution in [2.75, 3.05) is 31.1 Å². The lowest BCUT2D eigenvalue weighted by molar-refractivity contribution is -0.140. The summed E-state index contributed by atoms with van der Waals surface area (Å²) in [6.07, 6.45) is 0.579. The van der Waals surface area contributed by atoms with E-state index in [0.717, 1.165) is 11.3 Å². The van der Waals surface area contributed by atoms with Gasteiger partial charge in [0.1, 0.15) is 11.4 Å². The number of halogens is 1. The molecule has 3 atom stereocenters. The molecule has 0 unspecified atom stereocenters. The summed E-state index contributed by atoms with van der Waals surface area (Å²) in [4.78, 5) is 14.2. The smallest absolute Gasteiger partial charge is 0.325 e. The van der Waals surface area contributed by atoms with Crippen LogP contribution in [0.15, 0.2) is 54.6 Å². The second kappa shape index (κ2) is 8.22. The fourth-order valence-electron chi connectivity index (χ4n) is 4.62. The Morgan fingerprint density at radius 3 is 2.39 bits per heavy atom. The Balaban J connectivity index is 1.50. The maximum atomic E-state index is 13.2. The van der Waals surface area contributed by atoms with E-state index in [-0.39, 0.29) is 24.8 Å². The topological polar surface area (TPSA) is 90.0 Å². The molecule has 1 heterocycles. The van der Waals surface area contributed by atoms with E-state index in [4.69, 9.17) is 0 Å². The number of rotatable bonds is 6. The van der Waals surface area contributed by atoms with E-state index in [1.54, 1.807) is 19.1 Å². The van der Waals surface area contributed by atoms with E-state index in [9.17, 15) is 22.7 Å². The van der Waals surface area contributed by atoms with Gasteiger partial charge in [0.2, 0.25) is 0 Å². The lowest BCUT2D eigenvalue weighted by Gasteiger charge is -2.25. The molecule has 2 N–H and O–H groups in total. The highest BCUT2D eigenvalue weighted by atomic mass is 32.2. The lowest BCUT2D eigenvalue weighted by Crippen LogP contribution is -2.52. The van der Waals surface area contributed by atoms with Crippen molar-refractivity contribution in [1.82, 2.24) is 9.03 Å². The zero-order valence-electron chi connectivity index (χ0n) is 17.2. The molecule has 1 aliphatic heterocycles. The number of anilines is 1. The summed E-state index contributed by atoms with van der Waals surface area (Å²) >= 11 is 0. The zero-order chi connectivity index (χ0) is 22.2. The molecule has 2 aliphatic rings. The van der Waals surface area contributed by atoms with E-state index < -0.39 is 27.6 Å². The van der Waals surface area contributed by atoms with Crippen LogP contribution < -0.4 is 9.62 Å². The summed E-state index contributed by atoms with van der Waals surface area (Å²) in [5, 5.41) is 9.95. The van der Waals surface area contributed by atoms with Gasteiger partial charge in [0.15, 0.2) is 0 Å². The number of carboxylic acid groups (broad SMARTS) is 1. The molecule has 0 amide bonds. The van der Waals surface area contributed by atoms with Gasteiger partial charge in [-0.1, -0.05) is 37.3 Å². The van der Waals surface area contributed by atoms with Crippen molar-refractivity contribution in [3.8, 4) is 0 Å². The Morgan fingerprint density at radius 1 is 1.06 bits per heavy atom. The van der Waals surface area contributed by atoms with Crippen LogP contribution in [0.2, 0.25) is 0 Å². The van der Waals surface area contributed by atoms with Gasteiger partial charge in [0.25, 0.3) is 10.2 Å². The third kappa shape index (κ3) is 4.05. The molecule has 0 radical (unpaired) electrons. The number of nitrogens with zero attached hydrogens (tertiary/aromatic N) is 2. The summed E-state index contributed by atoms with van der Waals surface area (Å²) in [6.45, 7) is 3.32. The molecule has 1 aliphatic carbocycles. The second-order valence-electron chi connectivity index (χ2n) is 8.17. The molecule has 0 aromatic heterocycles. The van der Waals surface area contributed by atoms with Crippen LogP contribution in [0.25, 0.3) is 0 Å². The van der Waals surface area contributed by atoms with E-state index in [0.29, 0.717) is 19.5 Å². The first kappa shape index (κ1) is 21.7. The number of carboxylic acids is 1. The fraction of sp³-hybridized carbons (Fsp3) is 0.409. The Morgan fingerprint density at radius 2 is 1.74 bits per heavy atom. The minimum absolute atomic E-state index is 0.215. The van der Waals surface area contributed by atoms with E-state index in [2.05, 4.69) is 4.72 Å². The normalized spacial score (nSPS) is 27.0. The molecule has 31 heavy (non-hydrogen) atoms. The van der Waals surface area contributed by atoms with E-state index >= 15 is 0 Å². The summed E-state index contributed by atoms with van der Waals surface area (Å²) in [5.41, 5.74) is 0.0809. The molecule has 0 spiro atoms. The van der Waals surface area contributed by atoms with Crippen molar-refractivity contribution in [3.05, 3.63) is 66.0 Å².